The quantitative estimate of drug-likeness (QED) is 0.908. The zero-order chi connectivity index (χ0) is 14.6. The predicted octanol–water partition coefficient (Wildman–Crippen LogP) is 3.20. The van der Waals surface area contributed by atoms with Crippen LogP contribution in [-0.2, 0) is 13.1 Å². The van der Waals surface area contributed by atoms with E-state index < -0.39 is 0 Å². The average Bonchev–Trinajstić information content (AvgIpc) is 2.88. The molecule has 4 heteroatoms. The molecule has 0 saturated heterocycles. The van der Waals surface area contributed by atoms with Crippen molar-refractivity contribution in [2.24, 2.45) is 0 Å². The van der Waals surface area contributed by atoms with Gasteiger partial charge < -0.3 is 14.6 Å². The molecule has 0 aliphatic rings. The highest BCUT2D eigenvalue weighted by molar-refractivity contribution is 5.51. The third kappa shape index (κ3) is 4.10. The molecule has 0 radical (unpaired) electrons. The van der Waals surface area contributed by atoms with Gasteiger partial charge in [-0.15, -0.1) is 0 Å². The highest BCUT2D eigenvalue weighted by Crippen LogP contribution is 2.20. The third-order valence-corrected chi connectivity index (χ3v) is 3.11. The van der Waals surface area contributed by atoms with Crippen molar-refractivity contribution in [1.29, 1.82) is 0 Å². The molecule has 4 nitrogen and oxygen atoms in total. The number of furan rings is 1. The summed E-state index contributed by atoms with van der Waals surface area (Å²) in [5, 5.41) is 3.52. The molecule has 0 saturated carbocycles. The van der Waals surface area contributed by atoms with E-state index in [9.17, 15) is 0 Å². The van der Waals surface area contributed by atoms with Crippen molar-refractivity contribution in [2.45, 2.75) is 39.4 Å². The second-order valence-corrected chi connectivity index (χ2v) is 6.10. The molecule has 0 unspecified atom stereocenters. The molecule has 0 atom stereocenters. The summed E-state index contributed by atoms with van der Waals surface area (Å²) in [6.45, 7) is 8.15. The van der Waals surface area contributed by atoms with Crippen molar-refractivity contribution >= 4 is 5.69 Å². The Kier molecular flexibility index (Phi) is 4.45. The zero-order valence-electron chi connectivity index (χ0n) is 12.7. The Bertz CT molecular complexity index is 529. The van der Waals surface area contributed by atoms with E-state index in [1.54, 1.807) is 12.5 Å². The Morgan fingerprint density at radius 1 is 1.30 bits per heavy atom. The van der Waals surface area contributed by atoms with Gasteiger partial charge in [0.2, 0.25) is 0 Å². The number of hydrogen-bond acceptors (Lipinski definition) is 4. The first-order chi connectivity index (χ1) is 9.46. The number of anilines is 1. The predicted molar refractivity (Wildman–Crippen MR) is 81.6 cm³/mol. The number of hydrogen-bond donors (Lipinski definition) is 1. The average molecular weight is 273 g/mol. The maximum atomic E-state index is 5.12. The van der Waals surface area contributed by atoms with Crippen LogP contribution in [0.2, 0.25) is 0 Å². The van der Waals surface area contributed by atoms with Crippen molar-refractivity contribution < 1.29 is 4.42 Å². The maximum absolute atomic E-state index is 5.12. The number of aromatic nitrogens is 1. The fraction of sp³-hybridized carbons (Fsp3) is 0.438. The topological polar surface area (TPSA) is 41.3 Å². The van der Waals surface area contributed by atoms with E-state index in [1.165, 1.54) is 5.56 Å². The van der Waals surface area contributed by atoms with Crippen LogP contribution in [0.3, 0.4) is 0 Å². The molecule has 0 bridgehead atoms. The van der Waals surface area contributed by atoms with Crippen LogP contribution in [0.25, 0.3) is 0 Å². The minimum absolute atomic E-state index is 0.101. The molecule has 2 aromatic heterocycles. The van der Waals surface area contributed by atoms with Crippen molar-refractivity contribution in [3.8, 4) is 0 Å². The Balaban J connectivity index is 2.10. The lowest BCUT2D eigenvalue weighted by Gasteiger charge is -2.25. The summed E-state index contributed by atoms with van der Waals surface area (Å²) in [5.41, 5.74) is 3.65. The molecule has 0 fully saturated rings. The fourth-order valence-electron chi connectivity index (χ4n) is 2.01. The summed E-state index contributed by atoms with van der Waals surface area (Å²) in [4.78, 5) is 6.44. The molecule has 0 aromatic carbocycles. The summed E-state index contributed by atoms with van der Waals surface area (Å²) < 4.78 is 5.12. The second kappa shape index (κ2) is 6.09. The van der Waals surface area contributed by atoms with Gasteiger partial charge in [0.05, 0.1) is 24.4 Å². The van der Waals surface area contributed by atoms with Crippen LogP contribution in [0.5, 0.6) is 0 Å². The molecule has 2 heterocycles. The van der Waals surface area contributed by atoms with Gasteiger partial charge in [-0.3, -0.25) is 4.98 Å². The van der Waals surface area contributed by atoms with Gasteiger partial charge in [-0.25, -0.2) is 0 Å². The van der Waals surface area contributed by atoms with Crippen LogP contribution in [0, 0.1) is 0 Å². The minimum Gasteiger partial charge on any atom is -0.472 e. The summed E-state index contributed by atoms with van der Waals surface area (Å²) in [6, 6.07) is 4.06. The van der Waals surface area contributed by atoms with Gasteiger partial charge >= 0.3 is 0 Å². The number of rotatable bonds is 5. The third-order valence-electron chi connectivity index (χ3n) is 3.11. The molecule has 108 valence electrons. The molecule has 2 rings (SSSR count). The highest BCUT2D eigenvalue weighted by Gasteiger charge is 2.12. The maximum Gasteiger partial charge on any atom is 0.0952 e. The van der Waals surface area contributed by atoms with Gasteiger partial charge in [0.15, 0.2) is 0 Å². The van der Waals surface area contributed by atoms with Gasteiger partial charge in [-0.2, -0.15) is 0 Å². The lowest BCUT2D eigenvalue weighted by Crippen LogP contribution is -2.35. The normalized spacial score (nSPS) is 11.6. The van der Waals surface area contributed by atoms with E-state index in [0.29, 0.717) is 0 Å². The van der Waals surface area contributed by atoms with E-state index >= 15 is 0 Å². The molecule has 0 aliphatic carbocycles. The monoisotopic (exact) mass is 273 g/mol. The number of nitrogens with one attached hydrogen (secondary N) is 1. The van der Waals surface area contributed by atoms with Crippen LogP contribution in [0.4, 0.5) is 5.69 Å². The van der Waals surface area contributed by atoms with E-state index in [-0.39, 0.29) is 5.54 Å². The summed E-state index contributed by atoms with van der Waals surface area (Å²) in [7, 11) is 2.07. The van der Waals surface area contributed by atoms with Gasteiger partial charge in [-0.1, -0.05) is 0 Å². The van der Waals surface area contributed by atoms with E-state index in [0.717, 1.165) is 24.3 Å². The van der Waals surface area contributed by atoms with Crippen molar-refractivity contribution in [1.82, 2.24) is 10.3 Å². The Hall–Kier alpha value is -1.81. The molecular weight excluding hydrogens is 250 g/mol. The number of pyridine rings is 1. The van der Waals surface area contributed by atoms with Crippen molar-refractivity contribution in [3.05, 3.63) is 48.2 Å². The zero-order valence-corrected chi connectivity index (χ0v) is 12.7. The van der Waals surface area contributed by atoms with Gasteiger partial charge in [0.25, 0.3) is 0 Å². The van der Waals surface area contributed by atoms with Crippen LogP contribution in [-0.4, -0.2) is 17.6 Å². The second-order valence-electron chi connectivity index (χ2n) is 6.10. The summed E-state index contributed by atoms with van der Waals surface area (Å²) in [6.07, 6.45) is 7.24. The lowest BCUT2D eigenvalue weighted by molar-refractivity contribution is 0.424. The van der Waals surface area contributed by atoms with Crippen molar-refractivity contribution in [2.75, 3.05) is 11.9 Å². The molecule has 0 aliphatic heterocycles. The Morgan fingerprint density at radius 2 is 2.10 bits per heavy atom. The molecule has 1 N–H and O–H groups in total. The minimum atomic E-state index is 0.101. The molecular formula is C16H23N3O. The standard InChI is InChI=1S/C16H23N3O/c1-16(2,3)18-9-14-5-7-17-10-15(14)19(4)11-13-6-8-20-12-13/h5-8,10,12,18H,9,11H2,1-4H3. The van der Waals surface area contributed by atoms with E-state index in [1.807, 2.05) is 18.5 Å². The molecule has 0 spiro atoms. The van der Waals surface area contributed by atoms with Gasteiger partial charge in [0.1, 0.15) is 0 Å². The Labute approximate surface area is 120 Å². The Morgan fingerprint density at radius 3 is 2.75 bits per heavy atom. The smallest absolute Gasteiger partial charge is 0.0952 e. The van der Waals surface area contributed by atoms with Crippen LogP contribution >= 0.6 is 0 Å². The molecule has 20 heavy (non-hydrogen) atoms. The van der Waals surface area contributed by atoms with Crippen LogP contribution in [0.1, 0.15) is 31.9 Å². The number of nitrogens with zero attached hydrogens (tertiary/aromatic N) is 2. The van der Waals surface area contributed by atoms with E-state index in [4.69, 9.17) is 4.42 Å². The molecule has 2 aromatic rings. The van der Waals surface area contributed by atoms with Crippen molar-refractivity contribution in [3.63, 3.8) is 0 Å². The fourth-order valence-corrected chi connectivity index (χ4v) is 2.01. The van der Waals surface area contributed by atoms with Crippen LogP contribution < -0.4 is 10.2 Å². The first-order valence-electron chi connectivity index (χ1n) is 6.86. The molecule has 0 amide bonds. The van der Waals surface area contributed by atoms with Gasteiger partial charge in [-0.05, 0) is 38.5 Å². The van der Waals surface area contributed by atoms with Gasteiger partial charge in [0, 0.05) is 37.4 Å². The first-order valence-corrected chi connectivity index (χ1v) is 6.86. The summed E-state index contributed by atoms with van der Waals surface area (Å²) >= 11 is 0. The lowest BCUT2D eigenvalue weighted by atomic mass is 10.1. The van der Waals surface area contributed by atoms with Crippen LogP contribution in [0.15, 0.2) is 41.5 Å². The SMILES string of the molecule is CN(Cc1ccoc1)c1cnccc1CNC(C)(C)C. The first kappa shape index (κ1) is 14.6. The summed E-state index contributed by atoms with van der Waals surface area (Å²) in [5.74, 6) is 0. The highest BCUT2D eigenvalue weighted by atomic mass is 16.3. The van der Waals surface area contributed by atoms with E-state index in [2.05, 4.69) is 49.1 Å². The largest absolute Gasteiger partial charge is 0.472 e.